The van der Waals surface area contributed by atoms with E-state index in [4.69, 9.17) is 4.42 Å². The lowest BCUT2D eigenvalue weighted by atomic mass is 10.2. The molecule has 8 heteroatoms. The first-order chi connectivity index (χ1) is 13.5. The Hall–Kier alpha value is -2.71. The Kier molecular flexibility index (Phi) is 8.16. The highest BCUT2D eigenvalue weighted by Gasteiger charge is 2.09. The number of thiocarbonyl (C=S) groups is 1. The van der Waals surface area contributed by atoms with Crippen LogP contribution in [0.15, 0.2) is 57.0 Å². The molecule has 1 amide bonds. The van der Waals surface area contributed by atoms with E-state index in [-0.39, 0.29) is 11.5 Å². The van der Waals surface area contributed by atoms with Crippen LogP contribution in [0.25, 0.3) is 11.7 Å². The van der Waals surface area contributed by atoms with E-state index >= 15 is 0 Å². The van der Waals surface area contributed by atoms with Crippen molar-refractivity contribution in [3.8, 4) is 0 Å². The highest BCUT2D eigenvalue weighted by atomic mass is 32.2. The number of rotatable bonds is 5. The van der Waals surface area contributed by atoms with Gasteiger partial charge in [0.05, 0.1) is 22.2 Å². The molecule has 0 bridgehead atoms. The van der Waals surface area contributed by atoms with Gasteiger partial charge in [-0.15, -0.1) is 11.8 Å². The van der Waals surface area contributed by atoms with E-state index in [1.807, 2.05) is 25.1 Å². The summed E-state index contributed by atoms with van der Waals surface area (Å²) < 4.78 is 6.45. The molecule has 6 nitrogen and oxygen atoms in total. The number of amides is 1. The Morgan fingerprint density at radius 1 is 1.39 bits per heavy atom. The summed E-state index contributed by atoms with van der Waals surface area (Å²) in [5, 5.41) is 2.42. The minimum atomic E-state index is -0.341. The zero-order chi connectivity index (χ0) is 20.5. The van der Waals surface area contributed by atoms with E-state index in [2.05, 4.69) is 29.4 Å². The number of aryl methyl sites for hydroxylation is 2. The first-order valence-corrected chi connectivity index (χ1v) is 10.2. The fraction of sp³-hybridized carbons (Fsp3) is 0.200. The number of pyridine rings is 1. The molecule has 0 radical (unpaired) electrons. The van der Waals surface area contributed by atoms with Gasteiger partial charge in [-0.2, -0.15) is 0 Å². The fourth-order valence-corrected chi connectivity index (χ4v) is 2.89. The molecule has 0 aliphatic rings. The standard InChI is InChI=1S/C14H13N3O2S2.C6H8O/c1-9-3-4-12-15-6-10(14(19)17(12)7-9)5-11(21-2)13(18)16-8-20;1-2-6-4-3-5-7-6/h3-8H,1-2H3,(H,16,18,20);3-5H,2H2,1H3/b11-5-;. The predicted molar refractivity (Wildman–Crippen MR) is 118 cm³/mol. The van der Waals surface area contributed by atoms with Crippen molar-refractivity contribution in [3.63, 3.8) is 0 Å². The summed E-state index contributed by atoms with van der Waals surface area (Å²) in [5.74, 6) is 0.714. The van der Waals surface area contributed by atoms with Crippen LogP contribution in [0.1, 0.15) is 23.8 Å². The molecular weight excluding hydrogens is 394 g/mol. The molecule has 0 saturated carbocycles. The average Bonchev–Trinajstić information content (AvgIpc) is 3.22. The van der Waals surface area contributed by atoms with E-state index in [1.54, 1.807) is 24.8 Å². The van der Waals surface area contributed by atoms with Crippen LogP contribution in [0.5, 0.6) is 0 Å². The van der Waals surface area contributed by atoms with Crippen LogP contribution in [0.3, 0.4) is 0 Å². The molecule has 3 aromatic heterocycles. The second-order valence-corrected chi connectivity index (χ2v) is 6.77. The molecule has 3 rings (SSSR count). The quantitative estimate of drug-likeness (QED) is 0.507. The topological polar surface area (TPSA) is 76.6 Å². The van der Waals surface area contributed by atoms with Crippen molar-refractivity contribution in [1.29, 1.82) is 0 Å². The van der Waals surface area contributed by atoms with Gasteiger partial charge >= 0.3 is 0 Å². The van der Waals surface area contributed by atoms with E-state index in [9.17, 15) is 9.59 Å². The summed E-state index contributed by atoms with van der Waals surface area (Å²) in [5.41, 5.74) is 2.79. The Morgan fingerprint density at radius 2 is 2.18 bits per heavy atom. The number of nitrogens with zero attached hydrogens (tertiary/aromatic N) is 2. The maximum Gasteiger partial charge on any atom is 0.265 e. The molecule has 0 aromatic carbocycles. The number of thioether (sulfide) groups is 1. The minimum absolute atomic E-state index is 0.217. The van der Waals surface area contributed by atoms with Crippen LogP contribution in [-0.2, 0) is 11.2 Å². The van der Waals surface area contributed by atoms with E-state index < -0.39 is 0 Å². The van der Waals surface area contributed by atoms with Crippen molar-refractivity contribution in [2.75, 3.05) is 6.26 Å². The van der Waals surface area contributed by atoms with Gasteiger partial charge in [-0.3, -0.25) is 14.0 Å². The van der Waals surface area contributed by atoms with Gasteiger partial charge in [0.2, 0.25) is 0 Å². The van der Waals surface area contributed by atoms with Gasteiger partial charge in [0.15, 0.2) is 0 Å². The number of carbonyl (C=O) groups excluding carboxylic acids is 1. The number of hydrogen-bond acceptors (Lipinski definition) is 6. The Labute approximate surface area is 172 Å². The summed E-state index contributed by atoms with van der Waals surface area (Å²) >= 11 is 5.83. The van der Waals surface area contributed by atoms with Crippen molar-refractivity contribution in [2.24, 2.45) is 0 Å². The summed E-state index contributed by atoms with van der Waals surface area (Å²) in [6.07, 6.45) is 9.14. The number of furan rings is 1. The Bertz CT molecular complexity index is 1040. The highest BCUT2D eigenvalue weighted by Crippen LogP contribution is 2.15. The van der Waals surface area contributed by atoms with Gasteiger partial charge in [-0.05, 0) is 43.0 Å². The Morgan fingerprint density at radius 3 is 2.75 bits per heavy atom. The number of carbonyl (C=O) groups is 1. The van der Waals surface area contributed by atoms with Crippen molar-refractivity contribution in [2.45, 2.75) is 20.3 Å². The number of fused-ring (bicyclic) bond motifs is 1. The van der Waals surface area contributed by atoms with Crippen molar-refractivity contribution in [3.05, 3.63) is 75.1 Å². The molecule has 3 aromatic rings. The molecule has 146 valence electrons. The highest BCUT2D eigenvalue weighted by molar-refractivity contribution is 8.03. The molecule has 0 aliphatic carbocycles. The minimum Gasteiger partial charge on any atom is -0.469 e. The number of nitrogens with one attached hydrogen (secondary N) is 1. The fourth-order valence-electron chi connectivity index (χ4n) is 2.29. The smallest absolute Gasteiger partial charge is 0.265 e. The third-order valence-electron chi connectivity index (χ3n) is 3.73. The average molecular weight is 416 g/mol. The van der Waals surface area contributed by atoms with Gasteiger partial charge in [0, 0.05) is 18.8 Å². The maximum absolute atomic E-state index is 12.4. The molecular formula is C20H21N3O3S2. The lowest BCUT2D eigenvalue weighted by Gasteiger charge is -2.04. The first-order valence-electron chi connectivity index (χ1n) is 8.50. The second-order valence-electron chi connectivity index (χ2n) is 5.69. The van der Waals surface area contributed by atoms with Crippen LogP contribution < -0.4 is 10.9 Å². The largest absolute Gasteiger partial charge is 0.469 e. The lowest BCUT2D eigenvalue weighted by Crippen LogP contribution is -2.22. The van der Waals surface area contributed by atoms with Crippen molar-refractivity contribution < 1.29 is 9.21 Å². The van der Waals surface area contributed by atoms with Crippen LogP contribution in [0, 0.1) is 6.92 Å². The predicted octanol–water partition coefficient (Wildman–Crippen LogP) is 3.62. The van der Waals surface area contributed by atoms with E-state index in [0.717, 1.165) is 23.2 Å². The van der Waals surface area contributed by atoms with E-state index in [1.165, 1.54) is 28.4 Å². The van der Waals surface area contributed by atoms with Crippen LogP contribution >= 0.6 is 24.0 Å². The van der Waals surface area contributed by atoms with Crippen LogP contribution in [0.4, 0.5) is 0 Å². The molecule has 0 aliphatic heterocycles. The molecule has 0 unspecified atom stereocenters. The van der Waals surface area contributed by atoms with Crippen molar-refractivity contribution >= 4 is 47.1 Å². The summed E-state index contributed by atoms with van der Waals surface area (Å²) in [6, 6.07) is 7.54. The number of aromatic nitrogens is 2. The SMILES string of the molecule is CCc1ccco1.CS/C(=C\c1cnc2ccc(C)cn2c1=O)C(=O)NC=S. The summed E-state index contributed by atoms with van der Waals surface area (Å²) in [4.78, 5) is 28.8. The monoisotopic (exact) mass is 415 g/mol. The third kappa shape index (κ3) is 5.64. The molecule has 28 heavy (non-hydrogen) atoms. The van der Waals surface area contributed by atoms with Crippen LogP contribution in [0.2, 0.25) is 0 Å². The molecule has 0 spiro atoms. The van der Waals surface area contributed by atoms with Gasteiger partial charge < -0.3 is 9.73 Å². The maximum atomic E-state index is 12.4. The van der Waals surface area contributed by atoms with Gasteiger partial charge in [0.1, 0.15) is 11.4 Å². The molecule has 0 saturated heterocycles. The zero-order valence-electron chi connectivity index (χ0n) is 15.8. The van der Waals surface area contributed by atoms with Gasteiger partial charge in [0.25, 0.3) is 11.5 Å². The molecule has 1 N–H and O–H groups in total. The van der Waals surface area contributed by atoms with E-state index in [0.29, 0.717) is 16.1 Å². The molecule has 3 heterocycles. The summed E-state index contributed by atoms with van der Waals surface area (Å²) in [7, 11) is 0. The van der Waals surface area contributed by atoms with Gasteiger partial charge in [-0.1, -0.05) is 25.2 Å². The van der Waals surface area contributed by atoms with Crippen molar-refractivity contribution in [1.82, 2.24) is 14.7 Å². The zero-order valence-corrected chi connectivity index (χ0v) is 17.5. The van der Waals surface area contributed by atoms with Gasteiger partial charge in [-0.25, -0.2) is 4.98 Å². The summed E-state index contributed by atoms with van der Waals surface area (Å²) in [6.45, 7) is 3.97. The Balaban J connectivity index is 0.000000336. The molecule has 0 atom stereocenters. The number of hydrogen-bond donors (Lipinski definition) is 1. The van der Waals surface area contributed by atoms with Crippen LogP contribution in [-0.4, -0.2) is 27.0 Å². The second kappa shape index (κ2) is 10.6. The molecule has 0 fully saturated rings. The normalized spacial score (nSPS) is 10.9. The first kappa shape index (κ1) is 21.6. The third-order valence-corrected chi connectivity index (χ3v) is 4.59. The lowest BCUT2D eigenvalue weighted by molar-refractivity contribution is -0.115.